The van der Waals surface area contributed by atoms with Gasteiger partial charge in [-0.1, -0.05) is 40.5 Å². The minimum atomic E-state index is 0.427. The van der Waals surface area contributed by atoms with E-state index in [1.54, 1.807) is 0 Å². The van der Waals surface area contributed by atoms with E-state index in [-0.39, 0.29) is 0 Å². The molecule has 1 heterocycles. The zero-order valence-electron chi connectivity index (χ0n) is 14.4. The third-order valence-electron chi connectivity index (χ3n) is 5.07. The lowest BCUT2D eigenvalue weighted by Gasteiger charge is -2.43. The first-order valence-corrected chi connectivity index (χ1v) is 8.84. The van der Waals surface area contributed by atoms with Crippen LogP contribution < -0.4 is 5.32 Å². The molecule has 21 heavy (non-hydrogen) atoms. The SMILES string of the molecule is CCCNC(c1cnn(CCC)c1)C1CCCCC1(C)C. The van der Waals surface area contributed by atoms with Crippen LogP contribution in [-0.4, -0.2) is 16.3 Å². The Kier molecular flexibility index (Phi) is 5.86. The van der Waals surface area contributed by atoms with Crippen LogP contribution in [0.2, 0.25) is 0 Å². The summed E-state index contributed by atoms with van der Waals surface area (Å²) in [5.41, 5.74) is 1.81. The smallest absolute Gasteiger partial charge is 0.0537 e. The van der Waals surface area contributed by atoms with Gasteiger partial charge in [0, 0.05) is 24.3 Å². The average molecular weight is 291 g/mol. The molecule has 1 N–H and O–H groups in total. The second-order valence-corrected chi connectivity index (χ2v) is 7.31. The molecule has 1 aromatic heterocycles. The zero-order chi connectivity index (χ0) is 15.3. The van der Waals surface area contributed by atoms with Crippen LogP contribution in [0, 0.1) is 11.3 Å². The fourth-order valence-electron chi connectivity index (χ4n) is 3.82. The molecule has 1 aliphatic carbocycles. The number of nitrogens with one attached hydrogen (secondary N) is 1. The summed E-state index contributed by atoms with van der Waals surface area (Å²) in [5.74, 6) is 0.720. The first kappa shape index (κ1) is 16.5. The van der Waals surface area contributed by atoms with Crippen LogP contribution in [0.25, 0.3) is 0 Å². The van der Waals surface area contributed by atoms with Crippen LogP contribution in [0.4, 0.5) is 0 Å². The van der Waals surface area contributed by atoms with E-state index in [0.29, 0.717) is 11.5 Å². The summed E-state index contributed by atoms with van der Waals surface area (Å²) < 4.78 is 2.10. The summed E-state index contributed by atoms with van der Waals surface area (Å²) in [5, 5.41) is 8.37. The Morgan fingerprint density at radius 3 is 2.81 bits per heavy atom. The van der Waals surface area contributed by atoms with Crippen molar-refractivity contribution in [2.45, 2.75) is 78.8 Å². The van der Waals surface area contributed by atoms with Crippen molar-refractivity contribution in [1.82, 2.24) is 15.1 Å². The van der Waals surface area contributed by atoms with E-state index >= 15 is 0 Å². The van der Waals surface area contributed by atoms with Gasteiger partial charge >= 0.3 is 0 Å². The van der Waals surface area contributed by atoms with E-state index in [2.05, 4.69) is 55.2 Å². The highest BCUT2D eigenvalue weighted by molar-refractivity contribution is 5.14. The van der Waals surface area contributed by atoms with E-state index in [4.69, 9.17) is 0 Å². The largest absolute Gasteiger partial charge is 0.310 e. The Bertz CT molecular complexity index is 422. The molecule has 0 amide bonds. The summed E-state index contributed by atoms with van der Waals surface area (Å²) >= 11 is 0. The molecule has 3 nitrogen and oxygen atoms in total. The summed E-state index contributed by atoms with van der Waals surface area (Å²) in [6.07, 6.45) is 12.1. The molecule has 120 valence electrons. The van der Waals surface area contributed by atoms with Gasteiger partial charge < -0.3 is 5.32 Å². The molecule has 0 saturated heterocycles. The van der Waals surface area contributed by atoms with Gasteiger partial charge in [-0.05, 0) is 43.6 Å². The van der Waals surface area contributed by atoms with Crippen molar-refractivity contribution in [2.24, 2.45) is 11.3 Å². The topological polar surface area (TPSA) is 29.9 Å². The molecule has 3 heteroatoms. The maximum atomic E-state index is 4.55. The average Bonchev–Trinajstić information content (AvgIpc) is 2.89. The van der Waals surface area contributed by atoms with Crippen LogP contribution in [0.3, 0.4) is 0 Å². The van der Waals surface area contributed by atoms with Crippen LogP contribution in [-0.2, 0) is 6.54 Å². The Morgan fingerprint density at radius 1 is 1.33 bits per heavy atom. The van der Waals surface area contributed by atoms with Gasteiger partial charge in [0.15, 0.2) is 0 Å². The Morgan fingerprint density at radius 2 is 2.14 bits per heavy atom. The normalized spacial score (nSPS) is 23.1. The Hall–Kier alpha value is -0.830. The molecular formula is C18H33N3. The lowest BCUT2D eigenvalue weighted by molar-refractivity contribution is 0.0981. The maximum absolute atomic E-state index is 4.55. The molecule has 2 atom stereocenters. The lowest BCUT2D eigenvalue weighted by Crippen LogP contribution is -2.39. The molecule has 1 aromatic rings. The first-order chi connectivity index (χ1) is 10.1. The van der Waals surface area contributed by atoms with Gasteiger partial charge in [0.25, 0.3) is 0 Å². The van der Waals surface area contributed by atoms with E-state index in [9.17, 15) is 0 Å². The number of hydrogen-bond acceptors (Lipinski definition) is 2. The van der Waals surface area contributed by atoms with Gasteiger partial charge in [0.1, 0.15) is 0 Å². The van der Waals surface area contributed by atoms with E-state index in [1.165, 1.54) is 37.7 Å². The molecule has 1 aliphatic rings. The summed E-state index contributed by atoms with van der Waals surface area (Å²) in [7, 11) is 0. The van der Waals surface area contributed by atoms with Crippen molar-refractivity contribution in [3.05, 3.63) is 18.0 Å². The van der Waals surface area contributed by atoms with Gasteiger partial charge in [-0.2, -0.15) is 5.10 Å². The predicted molar refractivity (Wildman–Crippen MR) is 89.3 cm³/mol. The maximum Gasteiger partial charge on any atom is 0.0537 e. The van der Waals surface area contributed by atoms with Crippen molar-refractivity contribution in [3.8, 4) is 0 Å². The number of hydrogen-bond donors (Lipinski definition) is 1. The number of rotatable bonds is 7. The third kappa shape index (κ3) is 4.09. The minimum absolute atomic E-state index is 0.427. The standard InChI is InChI=1S/C18H33N3/c1-5-11-19-17(15-13-20-21(14-15)12-6-2)16-9-7-8-10-18(16,3)4/h13-14,16-17,19H,5-12H2,1-4H3. The van der Waals surface area contributed by atoms with Crippen LogP contribution in [0.1, 0.15) is 77.8 Å². The summed E-state index contributed by atoms with van der Waals surface area (Å²) in [6.45, 7) is 11.5. The summed E-state index contributed by atoms with van der Waals surface area (Å²) in [4.78, 5) is 0. The molecule has 1 saturated carbocycles. The van der Waals surface area contributed by atoms with E-state index < -0.39 is 0 Å². The van der Waals surface area contributed by atoms with Crippen molar-refractivity contribution in [3.63, 3.8) is 0 Å². The highest BCUT2D eigenvalue weighted by atomic mass is 15.3. The second-order valence-electron chi connectivity index (χ2n) is 7.31. The monoisotopic (exact) mass is 291 g/mol. The van der Waals surface area contributed by atoms with Crippen LogP contribution in [0.15, 0.2) is 12.4 Å². The number of aromatic nitrogens is 2. The van der Waals surface area contributed by atoms with Gasteiger partial charge in [0.05, 0.1) is 6.20 Å². The molecular weight excluding hydrogens is 258 g/mol. The van der Waals surface area contributed by atoms with E-state index in [1.807, 2.05) is 0 Å². The van der Waals surface area contributed by atoms with Gasteiger partial charge in [-0.3, -0.25) is 4.68 Å². The highest BCUT2D eigenvalue weighted by Crippen LogP contribution is 2.46. The predicted octanol–water partition coefficient (Wildman–Crippen LogP) is 4.55. The molecule has 1 fully saturated rings. The van der Waals surface area contributed by atoms with Crippen molar-refractivity contribution >= 4 is 0 Å². The third-order valence-corrected chi connectivity index (χ3v) is 5.07. The number of nitrogens with zero attached hydrogens (tertiary/aromatic N) is 2. The Labute approximate surface area is 130 Å². The van der Waals surface area contributed by atoms with Crippen molar-refractivity contribution in [1.29, 1.82) is 0 Å². The van der Waals surface area contributed by atoms with Gasteiger partial charge in [0.2, 0.25) is 0 Å². The highest BCUT2D eigenvalue weighted by Gasteiger charge is 2.38. The zero-order valence-corrected chi connectivity index (χ0v) is 14.4. The first-order valence-electron chi connectivity index (χ1n) is 8.84. The molecule has 0 bridgehead atoms. The molecule has 0 aromatic carbocycles. The fraction of sp³-hybridized carbons (Fsp3) is 0.833. The minimum Gasteiger partial charge on any atom is -0.310 e. The molecule has 2 rings (SSSR count). The van der Waals surface area contributed by atoms with Gasteiger partial charge in [-0.15, -0.1) is 0 Å². The summed E-state index contributed by atoms with van der Waals surface area (Å²) in [6, 6.07) is 0.464. The van der Waals surface area contributed by atoms with E-state index in [0.717, 1.165) is 25.4 Å². The Balaban J connectivity index is 2.19. The van der Waals surface area contributed by atoms with Crippen LogP contribution >= 0.6 is 0 Å². The fourth-order valence-corrected chi connectivity index (χ4v) is 3.82. The molecule has 0 spiro atoms. The molecule has 2 unspecified atom stereocenters. The quantitative estimate of drug-likeness (QED) is 0.798. The lowest BCUT2D eigenvalue weighted by atomic mass is 9.65. The van der Waals surface area contributed by atoms with Gasteiger partial charge in [-0.25, -0.2) is 0 Å². The number of aryl methyl sites for hydroxylation is 1. The molecule has 0 radical (unpaired) electrons. The van der Waals surface area contributed by atoms with Crippen molar-refractivity contribution in [2.75, 3.05) is 6.54 Å². The van der Waals surface area contributed by atoms with Crippen molar-refractivity contribution < 1.29 is 0 Å². The van der Waals surface area contributed by atoms with Crippen LogP contribution in [0.5, 0.6) is 0 Å². The molecule has 0 aliphatic heterocycles. The second kappa shape index (κ2) is 7.44.